The Hall–Kier alpha value is -2.88. The predicted molar refractivity (Wildman–Crippen MR) is 93.5 cm³/mol. The molecule has 0 spiro atoms. The molecule has 2 rings (SSSR count). The third-order valence-electron chi connectivity index (χ3n) is 3.47. The molecule has 0 aromatic heterocycles. The maximum absolute atomic E-state index is 14.4. The predicted octanol–water partition coefficient (Wildman–Crippen LogP) is 5.02. The summed E-state index contributed by atoms with van der Waals surface area (Å²) < 4.78 is 24.8. The van der Waals surface area contributed by atoms with Crippen LogP contribution in [0.15, 0.2) is 55.1 Å². The molecule has 3 nitrogen and oxygen atoms in total. The molecule has 0 fully saturated rings. The molecular weight excluding hydrogens is 307 g/mol. The Morgan fingerprint density at radius 3 is 2.33 bits per heavy atom. The third-order valence-corrected chi connectivity index (χ3v) is 3.47. The van der Waals surface area contributed by atoms with E-state index in [0.29, 0.717) is 16.9 Å². The topological polar surface area (TPSA) is 35.5 Å². The van der Waals surface area contributed by atoms with Crippen LogP contribution in [0, 0.1) is 5.82 Å². The molecule has 24 heavy (non-hydrogen) atoms. The van der Waals surface area contributed by atoms with Crippen LogP contribution in [0.25, 0.3) is 16.7 Å². The van der Waals surface area contributed by atoms with Gasteiger partial charge in [-0.15, -0.1) is 0 Å². The second-order valence-electron chi connectivity index (χ2n) is 5.51. The Morgan fingerprint density at radius 1 is 1.08 bits per heavy atom. The van der Waals surface area contributed by atoms with Crippen LogP contribution in [0.4, 0.5) is 4.39 Å². The molecule has 0 saturated heterocycles. The summed E-state index contributed by atoms with van der Waals surface area (Å²) in [5.74, 6) is -0.257. The van der Waals surface area contributed by atoms with Crippen LogP contribution in [-0.4, -0.2) is 13.1 Å². The van der Waals surface area contributed by atoms with Gasteiger partial charge >= 0.3 is 5.97 Å². The molecular formula is C20H19FO3. The first kappa shape index (κ1) is 17.5. The van der Waals surface area contributed by atoms with Crippen LogP contribution >= 0.6 is 0 Å². The summed E-state index contributed by atoms with van der Waals surface area (Å²) in [6, 6.07) is 9.65. The zero-order chi connectivity index (χ0) is 17.9. The summed E-state index contributed by atoms with van der Waals surface area (Å²) in [5.41, 5.74) is 2.97. The zero-order valence-corrected chi connectivity index (χ0v) is 14.0. The number of hydrogen-bond donors (Lipinski definition) is 0. The molecule has 0 heterocycles. The summed E-state index contributed by atoms with van der Waals surface area (Å²) in [6.07, 6.45) is 0. The SMILES string of the molecule is C=C(C)C(=O)Oc1ccc(-c2ccc(OC)c(C(=C)C)c2)c(F)c1. The van der Waals surface area contributed by atoms with Gasteiger partial charge in [0.15, 0.2) is 0 Å². The van der Waals surface area contributed by atoms with E-state index in [0.717, 1.165) is 11.1 Å². The number of rotatable bonds is 5. The first-order chi connectivity index (χ1) is 11.3. The molecule has 0 aliphatic rings. The normalized spacial score (nSPS) is 10.2. The largest absolute Gasteiger partial charge is 0.496 e. The van der Waals surface area contributed by atoms with E-state index in [1.807, 2.05) is 13.0 Å². The minimum absolute atomic E-state index is 0.137. The molecule has 0 unspecified atom stereocenters. The lowest BCUT2D eigenvalue weighted by Crippen LogP contribution is -2.08. The Bertz CT molecular complexity index is 822. The fourth-order valence-electron chi connectivity index (χ4n) is 2.20. The van der Waals surface area contributed by atoms with Gasteiger partial charge in [-0.2, -0.15) is 0 Å². The number of allylic oxidation sites excluding steroid dienone is 1. The summed E-state index contributed by atoms with van der Waals surface area (Å²) in [7, 11) is 1.58. The highest BCUT2D eigenvalue weighted by atomic mass is 19.1. The van der Waals surface area contributed by atoms with Crippen LogP contribution in [0.2, 0.25) is 0 Å². The van der Waals surface area contributed by atoms with Crippen molar-refractivity contribution in [2.75, 3.05) is 7.11 Å². The molecule has 2 aromatic carbocycles. The molecule has 124 valence electrons. The average Bonchev–Trinajstić information content (AvgIpc) is 2.54. The molecule has 0 atom stereocenters. The highest BCUT2D eigenvalue weighted by Gasteiger charge is 2.12. The molecule has 0 bridgehead atoms. The van der Waals surface area contributed by atoms with Gasteiger partial charge < -0.3 is 9.47 Å². The van der Waals surface area contributed by atoms with Crippen LogP contribution in [0.3, 0.4) is 0 Å². The lowest BCUT2D eigenvalue weighted by Gasteiger charge is -2.12. The highest BCUT2D eigenvalue weighted by Crippen LogP contribution is 2.32. The van der Waals surface area contributed by atoms with Crippen molar-refractivity contribution in [2.45, 2.75) is 13.8 Å². The van der Waals surface area contributed by atoms with Crippen molar-refractivity contribution in [1.29, 1.82) is 0 Å². The number of halogens is 1. The molecule has 0 aliphatic heterocycles. The van der Waals surface area contributed by atoms with Gasteiger partial charge in [0.05, 0.1) is 7.11 Å². The number of hydrogen-bond acceptors (Lipinski definition) is 3. The Balaban J connectivity index is 2.39. The van der Waals surface area contributed by atoms with Gasteiger partial charge in [0.1, 0.15) is 17.3 Å². The second kappa shape index (κ2) is 7.13. The van der Waals surface area contributed by atoms with Crippen LogP contribution < -0.4 is 9.47 Å². The van der Waals surface area contributed by atoms with E-state index in [-0.39, 0.29) is 11.3 Å². The molecule has 0 N–H and O–H groups in total. The van der Waals surface area contributed by atoms with Gasteiger partial charge in [0.2, 0.25) is 0 Å². The maximum atomic E-state index is 14.4. The van der Waals surface area contributed by atoms with Crippen molar-refractivity contribution in [3.8, 4) is 22.6 Å². The van der Waals surface area contributed by atoms with Crippen LogP contribution in [-0.2, 0) is 4.79 Å². The highest BCUT2D eigenvalue weighted by molar-refractivity contribution is 5.88. The minimum Gasteiger partial charge on any atom is -0.496 e. The number of methoxy groups -OCH3 is 1. The average molecular weight is 326 g/mol. The summed E-state index contributed by atoms with van der Waals surface area (Å²) >= 11 is 0. The Morgan fingerprint density at radius 2 is 1.79 bits per heavy atom. The van der Waals surface area contributed by atoms with Gasteiger partial charge in [-0.25, -0.2) is 9.18 Å². The monoisotopic (exact) mass is 326 g/mol. The molecule has 2 aromatic rings. The van der Waals surface area contributed by atoms with Crippen molar-refractivity contribution in [3.63, 3.8) is 0 Å². The zero-order valence-electron chi connectivity index (χ0n) is 14.0. The minimum atomic E-state index is -0.587. The summed E-state index contributed by atoms with van der Waals surface area (Å²) in [5, 5.41) is 0. The molecule has 4 heteroatoms. The number of benzene rings is 2. The van der Waals surface area contributed by atoms with E-state index in [1.165, 1.54) is 13.0 Å². The van der Waals surface area contributed by atoms with E-state index in [1.54, 1.807) is 31.4 Å². The summed E-state index contributed by atoms with van der Waals surface area (Å²) in [4.78, 5) is 11.5. The Kier molecular flexibility index (Phi) is 5.19. The fourth-order valence-corrected chi connectivity index (χ4v) is 2.20. The lowest BCUT2D eigenvalue weighted by molar-refractivity contribution is -0.130. The third kappa shape index (κ3) is 3.71. The second-order valence-corrected chi connectivity index (χ2v) is 5.51. The van der Waals surface area contributed by atoms with E-state index < -0.39 is 11.8 Å². The standard InChI is InChI=1S/C20H19FO3/c1-12(2)17-10-14(6-9-19(17)23-5)16-8-7-15(11-18(16)21)24-20(22)13(3)4/h6-11H,1,3H2,2,4-5H3. The van der Waals surface area contributed by atoms with Crippen molar-refractivity contribution < 1.29 is 18.7 Å². The number of carbonyl (C=O) groups is 1. The number of esters is 1. The van der Waals surface area contributed by atoms with E-state index in [2.05, 4.69) is 13.2 Å². The van der Waals surface area contributed by atoms with Gasteiger partial charge in [-0.1, -0.05) is 19.2 Å². The smallest absolute Gasteiger partial charge is 0.338 e. The van der Waals surface area contributed by atoms with Crippen LogP contribution in [0.1, 0.15) is 19.4 Å². The fraction of sp³-hybridized carbons (Fsp3) is 0.150. The van der Waals surface area contributed by atoms with E-state index in [4.69, 9.17) is 9.47 Å². The number of ether oxygens (including phenoxy) is 2. The van der Waals surface area contributed by atoms with Crippen molar-refractivity contribution in [1.82, 2.24) is 0 Å². The molecule has 0 aliphatic carbocycles. The van der Waals surface area contributed by atoms with Crippen molar-refractivity contribution >= 4 is 11.5 Å². The Labute approximate surface area is 141 Å². The first-order valence-corrected chi connectivity index (χ1v) is 7.35. The van der Waals surface area contributed by atoms with Gasteiger partial charge in [0, 0.05) is 22.8 Å². The molecule has 0 radical (unpaired) electrons. The van der Waals surface area contributed by atoms with Crippen molar-refractivity contribution in [2.24, 2.45) is 0 Å². The van der Waals surface area contributed by atoms with Gasteiger partial charge in [0.25, 0.3) is 0 Å². The lowest BCUT2D eigenvalue weighted by atomic mass is 9.99. The van der Waals surface area contributed by atoms with Gasteiger partial charge in [-0.3, -0.25) is 0 Å². The molecule has 0 amide bonds. The number of carbonyl (C=O) groups excluding carboxylic acids is 1. The van der Waals surface area contributed by atoms with Gasteiger partial charge in [-0.05, 0) is 49.2 Å². The van der Waals surface area contributed by atoms with Crippen LogP contribution in [0.5, 0.6) is 11.5 Å². The summed E-state index contributed by atoms with van der Waals surface area (Å²) in [6.45, 7) is 10.8. The van der Waals surface area contributed by atoms with Crippen molar-refractivity contribution in [3.05, 3.63) is 66.5 Å². The quantitative estimate of drug-likeness (QED) is 0.440. The van der Waals surface area contributed by atoms with E-state index >= 15 is 0 Å². The first-order valence-electron chi connectivity index (χ1n) is 7.35. The molecule has 0 saturated carbocycles. The maximum Gasteiger partial charge on any atom is 0.338 e. The van der Waals surface area contributed by atoms with E-state index in [9.17, 15) is 9.18 Å².